The number of ether oxygens (including phenoxy) is 1. The Hall–Kier alpha value is -2.73. The molecule has 2 aromatic rings. The van der Waals surface area contributed by atoms with Gasteiger partial charge >= 0.3 is 5.97 Å². The van der Waals surface area contributed by atoms with Crippen molar-refractivity contribution >= 4 is 23.0 Å². The highest BCUT2D eigenvalue weighted by atomic mass is 16.5. The first-order valence-electron chi connectivity index (χ1n) is 9.98. The summed E-state index contributed by atoms with van der Waals surface area (Å²) in [5, 5.41) is 13.0. The molecule has 0 unspecified atom stereocenters. The summed E-state index contributed by atoms with van der Waals surface area (Å²) in [7, 11) is 0. The minimum absolute atomic E-state index is 0.330. The number of hydrogen-bond donors (Lipinski definition) is 2. The predicted molar refractivity (Wildman–Crippen MR) is 112 cm³/mol. The molecular weight excluding hydrogens is 354 g/mol. The third kappa shape index (κ3) is 4.22. The van der Waals surface area contributed by atoms with E-state index in [9.17, 15) is 9.90 Å². The van der Waals surface area contributed by atoms with E-state index in [1.54, 1.807) is 6.07 Å². The average molecular weight is 381 g/mol. The van der Waals surface area contributed by atoms with Gasteiger partial charge in [0.05, 0.1) is 24.5 Å². The Morgan fingerprint density at radius 2 is 1.68 bits per heavy atom. The van der Waals surface area contributed by atoms with E-state index in [0.717, 1.165) is 37.6 Å². The van der Waals surface area contributed by atoms with Crippen molar-refractivity contribution < 1.29 is 14.6 Å². The maximum absolute atomic E-state index is 11.8. The molecule has 6 heteroatoms. The van der Waals surface area contributed by atoms with E-state index in [-0.39, 0.29) is 0 Å². The highest BCUT2D eigenvalue weighted by Gasteiger charge is 2.19. The van der Waals surface area contributed by atoms with Gasteiger partial charge in [-0.3, -0.25) is 0 Å². The molecule has 148 valence electrons. The van der Waals surface area contributed by atoms with Crippen molar-refractivity contribution in [3.63, 3.8) is 0 Å². The number of rotatable bonds is 6. The highest BCUT2D eigenvalue weighted by molar-refractivity contribution is 5.95. The first-order valence-corrected chi connectivity index (χ1v) is 9.98. The highest BCUT2D eigenvalue weighted by Crippen LogP contribution is 2.26. The van der Waals surface area contributed by atoms with Gasteiger partial charge in [0.15, 0.2) is 0 Å². The molecule has 0 spiro atoms. The zero-order valence-electron chi connectivity index (χ0n) is 16.1. The molecule has 2 aromatic carbocycles. The fraction of sp³-hybridized carbons (Fsp3) is 0.409. The van der Waals surface area contributed by atoms with Crippen molar-refractivity contribution in [3.05, 3.63) is 53.6 Å². The number of hydrogen-bond acceptors (Lipinski definition) is 5. The van der Waals surface area contributed by atoms with E-state index in [1.165, 1.54) is 24.1 Å². The lowest BCUT2D eigenvalue weighted by Gasteiger charge is -2.30. The van der Waals surface area contributed by atoms with E-state index >= 15 is 0 Å². The molecule has 0 radical (unpaired) electrons. The van der Waals surface area contributed by atoms with Crippen molar-refractivity contribution in [3.8, 4) is 0 Å². The van der Waals surface area contributed by atoms with Crippen LogP contribution < -0.4 is 15.1 Å². The number of aromatic carboxylic acids is 1. The minimum Gasteiger partial charge on any atom is -0.478 e. The number of benzene rings is 2. The molecule has 2 N–H and O–H groups in total. The Morgan fingerprint density at radius 3 is 2.36 bits per heavy atom. The number of carboxylic acids is 1. The molecule has 0 saturated carbocycles. The maximum atomic E-state index is 11.8. The molecule has 6 nitrogen and oxygen atoms in total. The number of nitrogens with one attached hydrogen (secondary N) is 1. The SMILES string of the molecule is O=C(O)c1cc(NCc2ccc(N3CCCC3)cc2)ccc1N1CCOCC1. The molecule has 0 bridgehead atoms. The van der Waals surface area contributed by atoms with Crippen LogP contribution in [0.4, 0.5) is 17.1 Å². The van der Waals surface area contributed by atoms with Gasteiger partial charge in [0, 0.05) is 44.1 Å². The molecule has 4 rings (SSSR count). The topological polar surface area (TPSA) is 65.0 Å². The number of carbonyl (C=O) groups is 1. The van der Waals surface area contributed by atoms with Crippen molar-refractivity contribution in [2.75, 3.05) is 54.5 Å². The van der Waals surface area contributed by atoms with E-state index in [1.807, 2.05) is 12.1 Å². The molecular formula is C22H27N3O3. The van der Waals surface area contributed by atoms with Gasteiger partial charge in [0.1, 0.15) is 0 Å². The monoisotopic (exact) mass is 381 g/mol. The Balaban J connectivity index is 1.42. The van der Waals surface area contributed by atoms with E-state index in [2.05, 4.69) is 39.4 Å². The lowest BCUT2D eigenvalue weighted by Crippen LogP contribution is -2.37. The van der Waals surface area contributed by atoms with Crippen LogP contribution in [-0.4, -0.2) is 50.5 Å². The second-order valence-corrected chi connectivity index (χ2v) is 7.35. The molecule has 0 aliphatic carbocycles. The molecule has 2 aliphatic heterocycles. The van der Waals surface area contributed by atoms with Gasteiger partial charge in [-0.1, -0.05) is 12.1 Å². The summed E-state index contributed by atoms with van der Waals surface area (Å²) in [6.07, 6.45) is 2.55. The lowest BCUT2D eigenvalue weighted by atomic mass is 10.1. The number of anilines is 3. The van der Waals surface area contributed by atoms with Crippen molar-refractivity contribution in [2.45, 2.75) is 19.4 Å². The summed E-state index contributed by atoms with van der Waals surface area (Å²) in [5.74, 6) is -0.903. The summed E-state index contributed by atoms with van der Waals surface area (Å²) in [5.41, 5.74) is 4.37. The fourth-order valence-electron chi connectivity index (χ4n) is 3.90. The van der Waals surface area contributed by atoms with Crippen LogP contribution in [0.3, 0.4) is 0 Å². The second-order valence-electron chi connectivity index (χ2n) is 7.35. The molecule has 0 amide bonds. The van der Waals surface area contributed by atoms with E-state index in [4.69, 9.17) is 4.74 Å². The van der Waals surface area contributed by atoms with Gasteiger partial charge in [-0.25, -0.2) is 4.79 Å². The molecule has 2 heterocycles. The molecule has 2 aliphatic rings. The van der Waals surface area contributed by atoms with Crippen molar-refractivity contribution in [1.82, 2.24) is 0 Å². The summed E-state index contributed by atoms with van der Waals surface area (Å²) < 4.78 is 5.37. The summed E-state index contributed by atoms with van der Waals surface area (Å²) >= 11 is 0. The van der Waals surface area contributed by atoms with Crippen molar-refractivity contribution in [1.29, 1.82) is 0 Å². The smallest absolute Gasteiger partial charge is 0.337 e. The fourth-order valence-corrected chi connectivity index (χ4v) is 3.90. The standard InChI is InChI=1S/C22H27N3O3/c26-22(27)20-15-18(5-8-21(20)25-11-13-28-14-12-25)23-16-17-3-6-19(7-4-17)24-9-1-2-10-24/h3-8,15,23H,1-2,9-14,16H2,(H,26,27). The lowest BCUT2D eigenvalue weighted by molar-refractivity contribution is 0.0696. The van der Waals surface area contributed by atoms with Crippen LogP contribution in [0.1, 0.15) is 28.8 Å². The molecule has 0 atom stereocenters. The minimum atomic E-state index is -0.903. The number of morpholine rings is 1. The van der Waals surface area contributed by atoms with Crippen LogP contribution in [0.5, 0.6) is 0 Å². The number of nitrogens with zero attached hydrogens (tertiary/aromatic N) is 2. The van der Waals surface area contributed by atoms with Crippen LogP contribution >= 0.6 is 0 Å². The summed E-state index contributed by atoms with van der Waals surface area (Å²) in [4.78, 5) is 16.3. The van der Waals surface area contributed by atoms with Gasteiger partial charge in [0.2, 0.25) is 0 Å². The molecule has 2 fully saturated rings. The second kappa shape index (κ2) is 8.52. The third-order valence-electron chi connectivity index (χ3n) is 5.48. The Morgan fingerprint density at radius 1 is 0.964 bits per heavy atom. The van der Waals surface area contributed by atoms with E-state index in [0.29, 0.717) is 25.3 Å². The summed E-state index contributed by atoms with van der Waals surface area (Å²) in [6, 6.07) is 14.2. The number of carboxylic acid groups (broad SMARTS) is 1. The Bertz CT molecular complexity index is 810. The first-order chi connectivity index (χ1) is 13.7. The van der Waals surface area contributed by atoms with Crippen LogP contribution in [0.2, 0.25) is 0 Å². The zero-order chi connectivity index (χ0) is 19.3. The predicted octanol–water partition coefficient (Wildman–Crippen LogP) is 3.43. The van der Waals surface area contributed by atoms with Gasteiger partial charge in [0.25, 0.3) is 0 Å². The Kier molecular flexibility index (Phi) is 5.67. The average Bonchev–Trinajstić information content (AvgIpc) is 3.28. The van der Waals surface area contributed by atoms with Crippen molar-refractivity contribution in [2.24, 2.45) is 0 Å². The maximum Gasteiger partial charge on any atom is 0.337 e. The van der Waals surface area contributed by atoms with Gasteiger partial charge in [-0.05, 0) is 48.7 Å². The van der Waals surface area contributed by atoms with Crippen LogP contribution in [0.25, 0.3) is 0 Å². The largest absolute Gasteiger partial charge is 0.478 e. The van der Waals surface area contributed by atoms with Gasteiger partial charge in [-0.2, -0.15) is 0 Å². The van der Waals surface area contributed by atoms with Crippen LogP contribution in [0.15, 0.2) is 42.5 Å². The molecule has 28 heavy (non-hydrogen) atoms. The molecule has 2 saturated heterocycles. The third-order valence-corrected chi connectivity index (χ3v) is 5.48. The van der Waals surface area contributed by atoms with Crippen LogP contribution in [-0.2, 0) is 11.3 Å². The first kappa shape index (κ1) is 18.6. The van der Waals surface area contributed by atoms with Gasteiger partial charge < -0.3 is 25.0 Å². The quantitative estimate of drug-likeness (QED) is 0.799. The van der Waals surface area contributed by atoms with Gasteiger partial charge in [-0.15, -0.1) is 0 Å². The summed E-state index contributed by atoms with van der Waals surface area (Å²) in [6.45, 7) is 5.65. The Labute approximate surface area is 165 Å². The van der Waals surface area contributed by atoms with Crippen LogP contribution in [0, 0.1) is 0 Å². The normalized spacial score (nSPS) is 17.0. The zero-order valence-corrected chi connectivity index (χ0v) is 16.1. The van der Waals surface area contributed by atoms with E-state index < -0.39 is 5.97 Å². The molecule has 0 aromatic heterocycles.